The molecule has 0 unspecified atom stereocenters. The molecule has 2 N–H and O–H groups in total. The smallest absolute Gasteiger partial charge is 0.103 e. The van der Waals surface area contributed by atoms with Gasteiger partial charge in [-0.25, -0.2) is 0 Å². The Morgan fingerprint density at radius 3 is 2.17 bits per heavy atom. The Kier molecular flexibility index (Phi) is 11.5. The third-order valence-corrected chi connectivity index (χ3v) is 1.16. The maximum absolute atomic E-state index is 5.37. The van der Waals surface area contributed by atoms with Gasteiger partial charge in [-0.1, -0.05) is 56.9 Å². The predicted octanol–water partition coefficient (Wildman–Crippen LogP) is 2.99. The third-order valence-electron chi connectivity index (χ3n) is 0.928. The highest BCUT2D eigenvalue weighted by Gasteiger charge is 1.90. The van der Waals surface area contributed by atoms with E-state index in [1.807, 2.05) is 32.9 Å². The van der Waals surface area contributed by atoms with Gasteiger partial charge >= 0.3 is 0 Å². The van der Waals surface area contributed by atoms with Crippen molar-refractivity contribution in [2.24, 2.45) is 5.73 Å². The van der Waals surface area contributed by atoms with Crippen LogP contribution in [0.1, 0.15) is 20.8 Å². The van der Waals surface area contributed by atoms with Crippen LogP contribution >= 0.6 is 12.2 Å². The van der Waals surface area contributed by atoms with E-state index in [0.29, 0.717) is 4.99 Å². The van der Waals surface area contributed by atoms with Gasteiger partial charge in [-0.05, 0) is 6.92 Å². The zero-order valence-corrected chi connectivity index (χ0v) is 8.82. The van der Waals surface area contributed by atoms with Crippen molar-refractivity contribution in [2.75, 3.05) is 0 Å². The molecule has 0 aromatic heterocycles. The highest BCUT2D eigenvalue weighted by atomic mass is 32.1. The summed E-state index contributed by atoms with van der Waals surface area (Å²) in [6.45, 7) is 9.45. The SMILES string of the molecule is C=C/C=C(\C=C/C)C(N)=S.CC. The molecule has 0 heterocycles. The van der Waals surface area contributed by atoms with Crippen molar-refractivity contribution in [1.29, 1.82) is 0 Å². The summed E-state index contributed by atoms with van der Waals surface area (Å²) < 4.78 is 0. The first-order chi connectivity index (χ1) is 5.72. The number of hydrogen-bond acceptors (Lipinski definition) is 1. The molecule has 0 aliphatic carbocycles. The third kappa shape index (κ3) is 7.22. The molecule has 0 radical (unpaired) electrons. The van der Waals surface area contributed by atoms with E-state index >= 15 is 0 Å². The van der Waals surface area contributed by atoms with Crippen molar-refractivity contribution in [2.45, 2.75) is 20.8 Å². The van der Waals surface area contributed by atoms with Crippen molar-refractivity contribution in [1.82, 2.24) is 0 Å². The van der Waals surface area contributed by atoms with Gasteiger partial charge < -0.3 is 5.73 Å². The van der Waals surface area contributed by atoms with Crippen LogP contribution in [0.15, 0.2) is 36.5 Å². The molecule has 0 spiro atoms. The van der Waals surface area contributed by atoms with Crippen molar-refractivity contribution in [3.63, 3.8) is 0 Å². The molecule has 0 fully saturated rings. The van der Waals surface area contributed by atoms with Crippen molar-refractivity contribution >= 4 is 17.2 Å². The normalized spacial score (nSPS) is 10.4. The lowest BCUT2D eigenvalue weighted by Gasteiger charge is -1.94. The van der Waals surface area contributed by atoms with Crippen molar-refractivity contribution in [3.8, 4) is 0 Å². The van der Waals surface area contributed by atoms with Crippen LogP contribution < -0.4 is 5.73 Å². The number of thiocarbonyl (C=S) groups is 1. The molecule has 0 rings (SSSR count). The molecule has 0 aromatic rings. The van der Waals surface area contributed by atoms with E-state index in [1.165, 1.54) is 0 Å². The first kappa shape index (κ1) is 13.7. The summed E-state index contributed by atoms with van der Waals surface area (Å²) in [4.78, 5) is 0.401. The standard InChI is InChI=1S/C8H11NS.C2H6/c1-3-5-7(6-4-2)8(9)10;1-2/h3-6H,1H2,2H3,(H2,9,10);1-2H3/b6-4-,7-5+;. The van der Waals surface area contributed by atoms with Gasteiger partial charge in [0.15, 0.2) is 0 Å². The van der Waals surface area contributed by atoms with Gasteiger partial charge in [0.2, 0.25) is 0 Å². The molecule has 0 saturated heterocycles. The minimum absolute atomic E-state index is 0.401. The van der Waals surface area contributed by atoms with Gasteiger partial charge in [0, 0.05) is 5.57 Å². The van der Waals surface area contributed by atoms with Crippen LogP contribution in [0.4, 0.5) is 0 Å². The van der Waals surface area contributed by atoms with Crippen LogP contribution in [0.25, 0.3) is 0 Å². The summed E-state index contributed by atoms with van der Waals surface area (Å²) in [7, 11) is 0. The number of nitrogens with two attached hydrogens (primary N) is 1. The van der Waals surface area contributed by atoms with Crippen LogP contribution in [0, 0.1) is 0 Å². The number of hydrogen-bond donors (Lipinski definition) is 1. The first-order valence-corrected chi connectivity index (χ1v) is 4.38. The molecule has 12 heavy (non-hydrogen) atoms. The molecule has 1 nitrogen and oxygen atoms in total. The van der Waals surface area contributed by atoms with Gasteiger partial charge in [0.25, 0.3) is 0 Å². The molecule has 0 bridgehead atoms. The van der Waals surface area contributed by atoms with E-state index in [1.54, 1.807) is 12.2 Å². The summed E-state index contributed by atoms with van der Waals surface area (Å²) in [5.74, 6) is 0. The summed E-state index contributed by atoms with van der Waals surface area (Å²) in [5.41, 5.74) is 6.21. The average Bonchev–Trinajstić information content (AvgIpc) is 2.08. The van der Waals surface area contributed by atoms with E-state index < -0.39 is 0 Å². The summed E-state index contributed by atoms with van der Waals surface area (Å²) in [6, 6.07) is 0. The monoisotopic (exact) mass is 183 g/mol. The lowest BCUT2D eigenvalue weighted by molar-refractivity contribution is 1.50. The fourth-order valence-corrected chi connectivity index (χ4v) is 0.662. The van der Waals surface area contributed by atoms with Gasteiger partial charge in [0.05, 0.1) is 0 Å². The Balaban J connectivity index is 0. The van der Waals surface area contributed by atoms with Crippen molar-refractivity contribution < 1.29 is 0 Å². The highest BCUT2D eigenvalue weighted by Crippen LogP contribution is 1.96. The van der Waals surface area contributed by atoms with Crippen LogP contribution in [0.5, 0.6) is 0 Å². The lowest BCUT2D eigenvalue weighted by Crippen LogP contribution is -2.09. The van der Waals surface area contributed by atoms with E-state index in [9.17, 15) is 0 Å². The molecule has 68 valence electrons. The first-order valence-electron chi connectivity index (χ1n) is 3.97. The van der Waals surface area contributed by atoms with Gasteiger partial charge in [0.1, 0.15) is 4.99 Å². The van der Waals surface area contributed by atoms with E-state index in [0.717, 1.165) is 5.57 Å². The molecular weight excluding hydrogens is 166 g/mol. The quantitative estimate of drug-likeness (QED) is 0.413. The molecule has 0 atom stereocenters. The van der Waals surface area contributed by atoms with Gasteiger partial charge in [-0.2, -0.15) is 0 Å². The summed E-state index contributed by atoms with van der Waals surface area (Å²) >= 11 is 4.76. The largest absolute Gasteiger partial charge is 0.389 e. The maximum Gasteiger partial charge on any atom is 0.103 e. The minimum Gasteiger partial charge on any atom is -0.389 e. The predicted molar refractivity (Wildman–Crippen MR) is 61.2 cm³/mol. The maximum atomic E-state index is 5.37. The second-order valence-electron chi connectivity index (χ2n) is 1.72. The Morgan fingerprint density at radius 2 is 1.92 bits per heavy atom. The van der Waals surface area contributed by atoms with E-state index in [4.69, 9.17) is 18.0 Å². The molecule has 0 saturated carbocycles. The van der Waals surface area contributed by atoms with Gasteiger partial charge in [-0.3, -0.25) is 0 Å². The molecule has 0 aromatic carbocycles. The van der Waals surface area contributed by atoms with E-state index in [-0.39, 0.29) is 0 Å². The highest BCUT2D eigenvalue weighted by molar-refractivity contribution is 7.80. The summed E-state index contributed by atoms with van der Waals surface area (Å²) in [5, 5.41) is 0. The molecule has 0 aliphatic rings. The zero-order valence-electron chi connectivity index (χ0n) is 8.00. The zero-order chi connectivity index (χ0) is 9.98. The Hall–Kier alpha value is -0.890. The fraction of sp³-hybridized carbons (Fsp3) is 0.300. The lowest BCUT2D eigenvalue weighted by atomic mass is 10.2. The van der Waals surface area contributed by atoms with Crippen LogP contribution in [-0.4, -0.2) is 4.99 Å². The summed E-state index contributed by atoms with van der Waals surface area (Å²) in [6.07, 6.45) is 7.18. The number of allylic oxidation sites excluding steroid dienone is 3. The fourth-order valence-electron chi connectivity index (χ4n) is 0.526. The van der Waals surface area contributed by atoms with Gasteiger partial charge in [-0.15, -0.1) is 0 Å². The average molecular weight is 183 g/mol. The Morgan fingerprint density at radius 1 is 1.42 bits per heavy atom. The number of rotatable bonds is 3. The molecule has 2 heteroatoms. The molecular formula is C10H17NS. The van der Waals surface area contributed by atoms with E-state index in [2.05, 4.69) is 6.58 Å². The Bertz CT molecular complexity index is 190. The Labute approximate surface area is 80.7 Å². The topological polar surface area (TPSA) is 26.0 Å². The van der Waals surface area contributed by atoms with Crippen LogP contribution in [0.2, 0.25) is 0 Å². The van der Waals surface area contributed by atoms with Crippen LogP contribution in [0.3, 0.4) is 0 Å². The second-order valence-corrected chi connectivity index (χ2v) is 2.16. The van der Waals surface area contributed by atoms with Crippen molar-refractivity contribution in [3.05, 3.63) is 36.5 Å². The van der Waals surface area contributed by atoms with Crippen LogP contribution in [-0.2, 0) is 0 Å². The molecule has 0 amide bonds. The molecule has 0 aliphatic heterocycles. The second kappa shape index (κ2) is 10.1. The minimum atomic E-state index is 0.401.